The fraction of sp³-hybridized carbons (Fsp3) is 0. The highest BCUT2D eigenvalue weighted by Gasteiger charge is 2.08. The molecule has 0 aliphatic rings. The minimum atomic E-state index is 0.236. The smallest absolute Gasteiger partial charge is 0.142 e. The van der Waals surface area contributed by atoms with Crippen LogP contribution in [0.25, 0.3) is 32.4 Å². The van der Waals surface area contributed by atoms with Gasteiger partial charge in [0.2, 0.25) is 0 Å². The Hall–Kier alpha value is -2.61. The van der Waals surface area contributed by atoms with Crippen molar-refractivity contribution in [3.8, 4) is 5.75 Å². The highest BCUT2D eigenvalue weighted by Crippen LogP contribution is 2.35. The summed E-state index contributed by atoms with van der Waals surface area (Å²) in [7, 11) is 0. The number of hydrogen-bond donors (Lipinski definition) is 1. The average molecular weight is 245 g/mol. The zero-order valence-electron chi connectivity index (χ0n) is 10.2. The third-order valence-electron chi connectivity index (χ3n) is 3.59. The quantitative estimate of drug-likeness (QED) is 0.470. The highest BCUT2D eigenvalue weighted by atomic mass is 16.3. The van der Waals surface area contributed by atoms with E-state index in [9.17, 15) is 5.11 Å². The Labute approximate surface area is 109 Å². The molecule has 2 heteroatoms. The first-order valence-corrected chi connectivity index (χ1v) is 6.23. The molecule has 0 amide bonds. The van der Waals surface area contributed by atoms with Crippen LogP contribution in [0.5, 0.6) is 5.75 Å². The number of fused-ring (bicyclic) bond motifs is 5. The molecule has 4 aromatic rings. The van der Waals surface area contributed by atoms with Gasteiger partial charge in [0.15, 0.2) is 0 Å². The van der Waals surface area contributed by atoms with Crippen molar-refractivity contribution in [1.29, 1.82) is 0 Å². The molecule has 0 bridgehead atoms. The van der Waals surface area contributed by atoms with Gasteiger partial charge in [-0.15, -0.1) is 0 Å². The molecular weight excluding hydrogens is 234 g/mol. The summed E-state index contributed by atoms with van der Waals surface area (Å²) in [5.41, 5.74) is 0.658. The summed E-state index contributed by atoms with van der Waals surface area (Å²) >= 11 is 0. The predicted molar refractivity (Wildman–Crippen MR) is 78.4 cm³/mol. The SMILES string of the molecule is Oc1cc2c3ccccc3ccc2c2cccnc12. The molecule has 1 aromatic heterocycles. The largest absolute Gasteiger partial charge is 0.506 e. The van der Waals surface area contributed by atoms with E-state index in [-0.39, 0.29) is 5.75 Å². The van der Waals surface area contributed by atoms with Crippen LogP contribution in [0, 0.1) is 0 Å². The van der Waals surface area contributed by atoms with Gasteiger partial charge in [-0.25, -0.2) is 0 Å². The van der Waals surface area contributed by atoms with Crippen molar-refractivity contribution in [3.05, 3.63) is 60.8 Å². The van der Waals surface area contributed by atoms with Crippen LogP contribution in [-0.2, 0) is 0 Å². The van der Waals surface area contributed by atoms with Crippen LogP contribution in [0.4, 0.5) is 0 Å². The zero-order valence-corrected chi connectivity index (χ0v) is 10.2. The molecule has 0 fully saturated rings. The molecule has 0 saturated heterocycles. The van der Waals surface area contributed by atoms with Crippen LogP contribution in [-0.4, -0.2) is 10.1 Å². The van der Waals surface area contributed by atoms with Crippen LogP contribution < -0.4 is 0 Å². The Kier molecular flexibility index (Phi) is 2.00. The van der Waals surface area contributed by atoms with Gasteiger partial charge in [0.1, 0.15) is 11.3 Å². The van der Waals surface area contributed by atoms with Gasteiger partial charge in [-0.05, 0) is 33.7 Å². The Morgan fingerprint density at radius 2 is 1.58 bits per heavy atom. The second-order valence-corrected chi connectivity index (χ2v) is 4.68. The standard InChI is InChI=1S/C17H11NO/c19-16-10-15-12-5-2-1-4-11(12)7-8-13(15)14-6-3-9-18-17(14)16/h1-10,19H. The van der Waals surface area contributed by atoms with E-state index in [1.54, 1.807) is 6.20 Å². The molecule has 1 heterocycles. The van der Waals surface area contributed by atoms with Gasteiger partial charge in [0.25, 0.3) is 0 Å². The van der Waals surface area contributed by atoms with Gasteiger partial charge in [-0.3, -0.25) is 4.98 Å². The van der Waals surface area contributed by atoms with Gasteiger partial charge < -0.3 is 5.11 Å². The summed E-state index contributed by atoms with van der Waals surface area (Å²) in [5, 5.41) is 15.7. The third-order valence-corrected chi connectivity index (χ3v) is 3.59. The van der Waals surface area contributed by atoms with Gasteiger partial charge in [0.05, 0.1) is 0 Å². The van der Waals surface area contributed by atoms with Crippen molar-refractivity contribution in [2.24, 2.45) is 0 Å². The molecule has 19 heavy (non-hydrogen) atoms. The number of aromatic hydroxyl groups is 1. The summed E-state index contributed by atoms with van der Waals surface area (Å²) < 4.78 is 0. The monoisotopic (exact) mass is 245 g/mol. The Morgan fingerprint density at radius 1 is 0.737 bits per heavy atom. The van der Waals surface area contributed by atoms with Gasteiger partial charge in [-0.1, -0.05) is 42.5 Å². The minimum absolute atomic E-state index is 0.236. The molecule has 0 unspecified atom stereocenters. The van der Waals surface area contributed by atoms with Crippen molar-refractivity contribution in [2.75, 3.05) is 0 Å². The maximum atomic E-state index is 10.2. The first kappa shape index (κ1) is 10.3. The topological polar surface area (TPSA) is 33.1 Å². The van der Waals surface area contributed by atoms with Crippen LogP contribution in [0.15, 0.2) is 60.8 Å². The normalized spacial score (nSPS) is 11.4. The number of benzene rings is 3. The van der Waals surface area contributed by atoms with Crippen LogP contribution in [0.1, 0.15) is 0 Å². The Morgan fingerprint density at radius 3 is 2.53 bits per heavy atom. The van der Waals surface area contributed by atoms with E-state index in [1.165, 1.54) is 5.39 Å². The Bertz CT molecular complexity index is 928. The number of pyridine rings is 1. The molecule has 0 aliphatic heterocycles. The van der Waals surface area contributed by atoms with Crippen LogP contribution in [0.3, 0.4) is 0 Å². The number of aromatic nitrogens is 1. The predicted octanol–water partition coefficient (Wildman–Crippen LogP) is 4.25. The zero-order chi connectivity index (χ0) is 12.8. The van der Waals surface area contributed by atoms with E-state index in [0.29, 0.717) is 5.52 Å². The minimum Gasteiger partial charge on any atom is -0.506 e. The summed E-state index contributed by atoms with van der Waals surface area (Å²) in [6.07, 6.45) is 1.70. The van der Waals surface area contributed by atoms with E-state index in [4.69, 9.17) is 0 Å². The van der Waals surface area contributed by atoms with Crippen molar-refractivity contribution in [1.82, 2.24) is 4.98 Å². The highest BCUT2D eigenvalue weighted by molar-refractivity contribution is 6.17. The Balaban J connectivity index is 2.34. The molecule has 2 nitrogen and oxygen atoms in total. The number of hydrogen-bond acceptors (Lipinski definition) is 2. The fourth-order valence-electron chi connectivity index (χ4n) is 2.72. The van der Waals surface area contributed by atoms with E-state index < -0.39 is 0 Å². The van der Waals surface area contributed by atoms with Gasteiger partial charge in [0, 0.05) is 11.6 Å². The lowest BCUT2D eigenvalue weighted by Gasteiger charge is -2.08. The summed E-state index contributed by atoms with van der Waals surface area (Å²) in [4.78, 5) is 4.26. The molecule has 90 valence electrons. The maximum absolute atomic E-state index is 10.2. The van der Waals surface area contributed by atoms with Crippen molar-refractivity contribution in [2.45, 2.75) is 0 Å². The molecule has 0 radical (unpaired) electrons. The molecule has 4 rings (SSSR count). The van der Waals surface area contributed by atoms with Crippen molar-refractivity contribution < 1.29 is 5.11 Å². The molecule has 0 spiro atoms. The lowest BCUT2D eigenvalue weighted by atomic mass is 9.98. The molecule has 0 atom stereocenters. The third kappa shape index (κ3) is 1.40. The average Bonchev–Trinajstić information content (AvgIpc) is 2.47. The van der Waals surface area contributed by atoms with Crippen molar-refractivity contribution >= 4 is 32.4 Å². The lowest BCUT2D eigenvalue weighted by Crippen LogP contribution is -1.83. The molecular formula is C17H11NO. The number of rotatable bonds is 0. The lowest BCUT2D eigenvalue weighted by molar-refractivity contribution is 0.481. The number of phenols is 1. The van der Waals surface area contributed by atoms with E-state index >= 15 is 0 Å². The molecule has 0 saturated carbocycles. The second kappa shape index (κ2) is 3.69. The summed E-state index contributed by atoms with van der Waals surface area (Å²) in [5.74, 6) is 0.236. The van der Waals surface area contributed by atoms with E-state index in [0.717, 1.165) is 21.5 Å². The fourth-order valence-corrected chi connectivity index (χ4v) is 2.72. The summed E-state index contributed by atoms with van der Waals surface area (Å²) in [6, 6.07) is 18.1. The summed E-state index contributed by atoms with van der Waals surface area (Å²) in [6.45, 7) is 0. The van der Waals surface area contributed by atoms with Crippen LogP contribution in [0.2, 0.25) is 0 Å². The molecule has 3 aromatic carbocycles. The number of nitrogens with zero attached hydrogens (tertiary/aromatic N) is 1. The molecule has 0 aliphatic carbocycles. The van der Waals surface area contributed by atoms with Crippen LogP contribution >= 0.6 is 0 Å². The first-order valence-electron chi connectivity index (χ1n) is 6.23. The first-order chi connectivity index (χ1) is 9.34. The number of phenolic OH excluding ortho intramolecular Hbond substituents is 1. The van der Waals surface area contributed by atoms with Gasteiger partial charge in [-0.2, -0.15) is 0 Å². The molecule has 1 N–H and O–H groups in total. The second-order valence-electron chi connectivity index (χ2n) is 4.68. The van der Waals surface area contributed by atoms with Gasteiger partial charge >= 0.3 is 0 Å². The maximum Gasteiger partial charge on any atom is 0.142 e. The van der Waals surface area contributed by atoms with Crippen molar-refractivity contribution in [3.63, 3.8) is 0 Å². The van der Waals surface area contributed by atoms with E-state index in [1.807, 2.05) is 30.3 Å². The van der Waals surface area contributed by atoms with E-state index in [2.05, 4.69) is 29.2 Å².